The third-order valence-corrected chi connectivity index (χ3v) is 0.870. The molecule has 0 amide bonds. The maximum absolute atomic E-state index is 9.70. The standard InChI is InChI=1S/C4H8O6/c5-1(3(7)8)2(6)4(9)10/h1-3,5-8H,(H,9,10)/p-1. The number of carbonyl (C=O) groups excluding carboxylic acids is 1. The van der Waals surface area contributed by atoms with Crippen molar-refractivity contribution in [3.05, 3.63) is 0 Å². The Kier molecular flexibility index (Phi) is 3.23. The van der Waals surface area contributed by atoms with Gasteiger partial charge in [0, 0.05) is 0 Å². The van der Waals surface area contributed by atoms with Crippen molar-refractivity contribution in [3.63, 3.8) is 0 Å². The molecule has 0 spiro atoms. The van der Waals surface area contributed by atoms with Gasteiger partial charge >= 0.3 is 0 Å². The van der Waals surface area contributed by atoms with Gasteiger partial charge in [0.2, 0.25) is 0 Å². The maximum Gasteiger partial charge on any atom is 0.181 e. The zero-order valence-corrected chi connectivity index (χ0v) is 4.84. The molecule has 0 aliphatic heterocycles. The molecular formula is C4H7O6-. The van der Waals surface area contributed by atoms with Gasteiger partial charge < -0.3 is 30.3 Å². The predicted molar refractivity (Wildman–Crippen MR) is 25.2 cm³/mol. The van der Waals surface area contributed by atoms with Crippen LogP contribution in [0.5, 0.6) is 0 Å². The number of carboxylic acids is 1. The fourth-order valence-corrected chi connectivity index (χ4v) is 0.302. The van der Waals surface area contributed by atoms with Gasteiger partial charge in [0.15, 0.2) is 6.29 Å². The van der Waals surface area contributed by atoms with Gasteiger partial charge in [-0.3, -0.25) is 0 Å². The van der Waals surface area contributed by atoms with Crippen LogP contribution in [0.3, 0.4) is 0 Å². The molecule has 6 nitrogen and oxygen atoms in total. The summed E-state index contributed by atoms with van der Waals surface area (Å²) in [6.45, 7) is 0. The summed E-state index contributed by atoms with van der Waals surface area (Å²) < 4.78 is 0. The smallest absolute Gasteiger partial charge is 0.181 e. The van der Waals surface area contributed by atoms with E-state index in [1.54, 1.807) is 0 Å². The van der Waals surface area contributed by atoms with Crippen LogP contribution in [-0.2, 0) is 4.79 Å². The molecule has 0 aromatic carbocycles. The van der Waals surface area contributed by atoms with E-state index >= 15 is 0 Å². The van der Waals surface area contributed by atoms with Gasteiger partial charge in [0.05, 0.1) is 5.97 Å². The molecule has 4 N–H and O–H groups in total. The normalized spacial score (nSPS) is 16.9. The van der Waals surface area contributed by atoms with E-state index in [2.05, 4.69) is 0 Å². The molecule has 0 radical (unpaired) electrons. The van der Waals surface area contributed by atoms with Crippen LogP contribution in [0.1, 0.15) is 0 Å². The number of carboxylic acid groups (broad SMARTS) is 1. The lowest BCUT2D eigenvalue weighted by molar-refractivity contribution is -0.322. The second kappa shape index (κ2) is 3.47. The molecule has 0 bridgehead atoms. The van der Waals surface area contributed by atoms with Crippen molar-refractivity contribution in [2.24, 2.45) is 0 Å². The van der Waals surface area contributed by atoms with Crippen molar-refractivity contribution in [3.8, 4) is 0 Å². The number of aliphatic hydroxyl groups is 4. The largest absolute Gasteiger partial charge is 0.547 e. The maximum atomic E-state index is 9.70. The van der Waals surface area contributed by atoms with Gasteiger partial charge in [-0.2, -0.15) is 0 Å². The first-order chi connectivity index (χ1) is 4.46. The SMILES string of the molecule is O=C([O-])C(O)C(O)C(O)O. The summed E-state index contributed by atoms with van der Waals surface area (Å²) >= 11 is 0. The van der Waals surface area contributed by atoms with Crippen molar-refractivity contribution in [2.45, 2.75) is 18.5 Å². The third kappa shape index (κ3) is 2.28. The monoisotopic (exact) mass is 151 g/mol. The molecule has 60 valence electrons. The first kappa shape index (κ1) is 9.31. The molecule has 0 aromatic heterocycles. The predicted octanol–water partition coefficient (Wildman–Crippen LogP) is -4.23. The van der Waals surface area contributed by atoms with Gasteiger partial charge in [0.25, 0.3) is 0 Å². The summed E-state index contributed by atoms with van der Waals surface area (Å²) in [6, 6.07) is 0. The first-order valence-corrected chi connectivity index (χ1v) is 2.40. The Labute approximate surface area is 56.0 Å². The number of aliphatic carboxylic acids is 1. The summed E-state index contributed by atoms with van der Waals surface area (Å²) in [5.41, 5.74) is 0. The lowest BCUT2D eigenvalue weighted by Crippen LogP contribution is -2.48. The summed E-state index contributed by atoms with van der Waals surface area (Å²) in [7, 11) is 0. The minimum atomic E-state index is -2.28. The summed E-state index contributed by atoms with van der Waals surface area (Å²) in [4.78, 5) is 9.70. The minimum absolute atomic E-state index is 1.96. The van der Waals surface area contributed by atoms with E-state index in [0.717, 1.165) is 0 Å². The molecule has 2 unspecified atom stereocenters. The van der Waals surface area contributed by atoms with Gasteiger partial charge in [-0.15, -0.1) is 0 Å². The van der Waals surface area contributed by atoms with Crippen molar-refractivity contribution in [2.75, 3.05) is 0 Å². The summed E-state index contributed by atoms with van der Waals surface area (Å²) in [6.07, 6.45) is -6.70. The highest BCUT2D eigenvalue weighted by atomic mass is 16.5. The van der Waals surface area contributed by atoms with Crippen LogP contribution in [0.15, 0.2) is 0 Å². The quantitative estimate of drug-likeness (QED) is 0.303. The lowest BCUT2D eigenvalue weighted by Gasteiger charge is -2.19. The van der Waals surface area contributed by atoms with Crippen molar-refractivity contribution >= 4 is 5.97 Å². The van der Waals surface area contributed by atoms with Crippen LogP contribution < -0.4 is 5.11 Å². The zero-order chi connectivity index (χ0) is 8.31. The molecule has 10 heavy (non-hydrogen) atoms. The Morgan fingerprint density at radius 2 is 1.60 bits per heavy atom. The van der Waals surface area contributed by atoms with E-state index in [9.17, 15) is 9.90 Å². The molecule has 0 saturated carbocycles. The minimum Gasteiger partial charge on any atom is -0.547 e. The highest BCUT2D eigenvalue weighted by molar-refractivity contribution is 5.70. The van der Waals surface area contributed by atoms with E-state index in [1.807, 2.05) is 0 Å². The Bertz CT molecular complexity index is 121. The van der Waals surface area contributed by atoms with Crippen LogP contribution in [0, 0.1) is 0 Å². The van der Waals surface area contributed by atoms with Crippen LogP contribution in [0.4, 0.5) is 0 Å². The summed E-state index contributed by atoms with van der Waals surface area (Å²) in [5.74, 6) is -1.96. The topological polar surface area (TPSA) is 121 Å². The Morgan fingerprint density at radius 3 is 1.70 bits per heavy atom. The van der Waals surface area contributed by atoms with Gasteiger partial charge in [-0.25, -0.2) is 0 Å². The average Bonchev–Trinajstić information content (AvgIpc) is 1.84. The first-order valence-electron chi connectivity index (χ1n) is 2.40. The van der Waals surface area contributed by atoms with Gasteiger partial charge in [-0.1, -0.05) is 0 Å². The highest BCUT2D eigenvalue weighted by Crippen LogP contribution is 1.95. The van der Waals surface area contributed by atoms with Crippen molar-refractivity contribution in [1.29, 1.82) is 0 Å². The number of rotatable bonds is 3. The van der Waals surface area contributed by atoms with E-state index in [-0.39, 0.29) is 0 Å². The zero-order valence-electron chi connectivity index (χ0n) is 4.84. The molecule has 0 aliphatic carbocycles. The molecule has 6 heteroatoms. The fourth-order valence-electron chi connectivity index (χ4n) is 0.302. The molecule has 0 heterocycles. The van der Waals surface area contributed by atoms with Crippen molar-refractivity contribution in [1.82, 2.24) is 0 Å². The lowest BCUT2D eigenvalue weighted by atomic mass is 10.2. The van der Waals surface area contributed by atoms with E-state index < -0.39 is 24.5 Å². The second-order valence-corrected chi connectivity index (χ2v) is 1.67. The van der Waals surface area contributed by atoms with Gasteiger partial charge in [-0.05, 0) is 0 Å². The van der Waals surface area contributed by atoms with Crippen LogP contribution >= 0.6 is 0 Å². The van der Waals surface area contributed by atoms with E-state index in [1.165, 1.54) is 0 Å². The molecule has 0 aliphatic rings. The molecule has 0 fully saturated rings. The Morgan fingerprint density at radius 1 is 1.20 bits per heavy atom. The molecule has 0 aromatic rings. The highest BCUT2D eigenvalue weighted by Gasteiger charge is 2.23. The Balaban J connectivity index is 3.94. The molecule has 2 atom stereocenters. The summed E-state index contributed by atoms with van der Waals surface area (Å²) in [5, 5.41) is 42.6. The second-order valence-electron chi connectivity index (χ2n) is 1.67. The number of aliphatic hydroxyl groups excluding tert-OH is 3. The molecule has 0 rings (SSSR count). The van der Waals surface area contributed by atoms with Crippen LogP contribution in [-0.4, -0.2) is 44.9 Å². The van der Waals surface area contributed by atoms with E-state index in [4.69, 9.17) is 20.4 Å². The molecular weight excluding hydrogens is 144 g/mol. The van der Waals surface area contributed by atoms with Crippen LogP contribution in [0.25, 0.3) is 0 Å². The number of hydrogen-bond donors (Lipinski definition) is 4. The molecule has 0 saturated heterocycles. The van der Waals surface area contributed by atoms with Crippen LogP contribution in [0.2, 0.25) is 0 Å². The average molecular weight is 151 g/mol. The van der Waals surface area contributed by atoms with Crippen molar-refractivity contribution < 1.29 is 30.3 Å². The number of carbonyl (C=O) groups is 1. The van der Waals surface area contributed by atoms with Gasteiger partial charge in [0.1, 0.15) is 12.2 Å². The fraction of sp³-hybridized carbons (Fsp3) is 0.750. The Hall–Kier alpha value is -0.690. The van der Waals surface area contributed by atoms with E-state index in [0.29, 0.717) is 0 Å². The third-order valence-electron chi connectivity index (χ3n) is 0.870. The number of hydrogen-bond acceptors (Lipinski definition) is 6.